The first kappa shape index (κ1) is 5.73. The van der Waals surface area contributed by atoms with Crippen LogP contribution in [-0.4, -0.2) is 9.78 Å². The van der Waals surface area contributed by atoms with E-state index in [-0.39, 0.29) is 5.56 Å². The Morgan fingerprint density at radius 1 is 1.70 bits per heavy atom. The molecule has 1 N–H and O–H groups in total. The standard InChI is InChI=1S/C6H6N2OS/c1-8-6-4(2-3-10-6)5(9)7-8/h2-3H,1H3,(H,7,9). The first-order valence-electron chi connectivity index (χ1n) is 2.91. The number of aromatic amines is 1. The molecule has 4 heteroatoms. The number of fused-ring (bicyclic) bond motifs is 1. The lowest BCUT2D eigenvalue weighted by Gasteiger charge is -1.85. The maximum atomic E-state index is 11.0. The van der Waals surface area contributed by atoms with E-state index in [0.29, 0.717) is 0 Å². The van der Waals surface area contributed by atoms with Gasteiger partial charge in [0.05, 0.1) is 5.39 Å². The molecule has 0 saturated carbocycles. The van der Waals surface area contributed by atoms with Crippen LogP contribution in [0.1, 0.15) is 0 Å². The summed E-state index contributed by atoms with van der Waals surface area (Å²) >= 11 is 1.57. The molecule has 0 saturated heterocycles. The highest BCUT2D eigenvalue weighted by Gasteiger charge is 2.02. The van der Waals surface area contributed by atoms with Crippen molar-refractivity contribution in [2.45, 2.75) is 0 Å². The second kappa shape index (κ2) is 1.73. The molecule has 52 valence electrons. The van der Waals surface area contributed by atoms with Crippen LogP contribution in [0.3, 0.4) is 0 Å². The van der Waals surface area contributed by atoms with Crippen molar-refractivity contribution in [3.63, 3.8) is 0 Å². The normalized spacial score (nSPS) is 10.9. The van der Waals surface area contributed by atoms with Crippen LogP contribution < -0.4 is 5.56 Å². The molecule has 0 aliphatic heterocycles. The Hall–Kier alpha value is -1.03. The highest BCUT2D eigenvalue weighted by atomic mass is 32.1. The molecule has 2 heterocycles. The Bertz CT molecular complexity index is 408. The molecule has 0 spiro atoms. The Labute approximate surface area is 60.9 Å². The summed E-state index contributed by atoms with van der Waals surface area (Å²) in [6.45, 7) is 0. The molecule has 0 fully saturated rings. The predicted octanol–water partition coefficient (Wildman–Crippen LogP) is 0.928. The molecule has 0 amide bonds. The van der Waals surface area contributed by atoms with Crippen LogP contribution in [0.5, 0.6) is 0 Å². The van der Waals surface area contributed by atoms with Crippen molar-refractivity contribution in [3.8, 4) is 0 Å². The van der Waals surface area contributed by atoms with Gasteiger partial charge in [-0.05, 0) is 11.4 Å². The number of aryl methyl sites for hydroxylation is 1. The van der Waals surface area contributed by atoms with Crippen molar-refractivity contribution < 1.29 is 0 Å². The number of nitrogens with zero attached hydrogens (tertiary/aromatic N) is 1. The van der Waals surface area contributed by atoms with E-state index in [4.69, 9.17) is 0 Å². The molecule has 3 nitrogen and oxygen atoms in total. The van der Waals surface area contributed by atoms with Crippen LogP contribution in [0, 0.1) is 0 Å². The number of hydrogen-bond donors (Lipinski definition) is 1. The van der Waals surface area contributed by atoms with Crippen LogP contribution in [0.4, 0.5) is 0 Å². The SMILES string of the molecule is Cn1[nH]c(=O)c2ccsc21. The van der Waals surface area contributed by atoms with Gasteiger partial charge in [0.15, 0.2) is 0 Å². The summed E-state index contributed by atoms with van der Waals surface area (Å²) in [7, 11) is 1.83. The number of H-pyrrole nitrogens is 1. The van der Waals surface area contributed by atoms with E-state index in [9.17, 15) is 4.79 Å². The Morgan fingerprint density at radius 2 is 2.50 bits per heavy atom. The van der Waals surface area contributed by atoms with E-state index in [1.807, 2.05) is 18.5 Å². The average molecular weight is 154 g/mol. The summed E-state index contributed by atoms with van der Waals surface area (Å²) in [6.07, 6.45) is 0. The summed E-state index contributed by atoms with van der Waals surface area (Å²) in [5, 5.41) is 5.37. The van der Waals surface area contributed by atoms with E-state index < -0.39 is 0 Å². The predicted molar refractivity (Wildman–Crippen MR) is 41.4 cm³/mol. The zero-order valence-corrected chi connectivity index (χ0v) is 6.23. The summed E-state index contributed by atoms with van der Waals surface area (Å²) < 4.78 is 1.74. The molecule has 0 radical (unpaired) electrons. The lowest BCUT2D eigenvalue weighted by molar-refractivity contribution is 0.788. The molecule has 2 rings (SSSR count). The van der Waals surface area contributed by atoms with Gasteiger partial charge in [0.25, 0.3) is 5.56 Å². The molecule has 0 aromatic carbocycles. The smallest absolute Gasteiger partial charge is 0.272 e. The fourth-order valence-corrected chi connectivity index (χ4v) is 1.82. The maximum absolute atomic E-state index is 11.0. The molecule has 0 aliphatic rings. The summed E-state index contributed by atoms with van der Waals surface area (Å²) in [6, 6.07) is 1.83. The Kier molecular flexibility index (Phi) is 0.990. The van der Waals surface area contributed by atoms with Gasteiger partial charge in [-0.25, -0.2) is 0 Å². The minimum Gasteiger partial charge on any atom is -0.278 e. The van der Waals surface area contributed by atoms with Crippen molar-refractivity contribution in [2.75, 3.05) is 0 Å². The maximum Gasteiger partial charge on any atom is 0.272 e. The third-order valence-electron chi connectivity index (χ3n) is 1.46. The summed E-state index contributed by atoms with van der Waals surface area (Å²) in [5.41, 5.74) is -0.00116. The number of rotatable bonds is 0. The van der Waals surface area contributed by atoms with Crippen LogP contribution >= 0.6 is 11.3 Å². The first-order chi connectivity index (χ1) is 4.79. The average Bonchev–Trinajstić information content (AvgIpc) is 2.39. The van der Waals surface area contributed by atoms with Crippen molar-refractivity contribution >= 4 is 21.6 Å². The lowest BCUT2D eigenvalue weighted by Crippen LogP contribution is -2.01. The van der Waals surface area contributed by atoms with Crippen molar-refractivity contribution in [1.29, 1.82) is 0 Å². The summed E-state index contributed by atoms with van der Waals surface area (Å²) in [5.74, 6) is 0. The van der Waals surface area contributed by atoms with Gasteiger partial charge in [-0.2, -0.15) is 0 Å². The largest absolute Gasteiger partial charge is 0.278 e. The second-order valence-electron chi connectivity index (χ2n) is 2.14. The molecule has 0 aliphatic carbocycles. The van der Waals surface area contributed by atoms with Crippen LogP contribution in [0.2, 0.25) is 0 Å². The fraction of sp³-hybridized carbons (Fsp3) is 0.167. The molecule has 0 bridgehead atoms. The van der Waals surface area contributed by atoms with Gasteiger partial charge >= 0.3 is 0 Å². The van der Waals surface area contributed by atoms with Gasteiger partial charge < -0.3 is 0 Å². The van der Waals surface area contributed by atoms with Crippen LogP contribution in [0.15, 0.2) is 16.2 Å². The van der Waals surface area contributed by atoms with E-state index >= 15 is 0 Å². The molecule has 10 heavy (non-hydrogen) atoms. The second-order valence-corrected chi connectivity index (χ2v) is 3.03. The number of nitrogens with one attached hydrogen (secondary N) is 1. The van der Waals surface area contributed by atoms with Crippen LogP contribution in [-0.2, 0) is 7.05 Å². The van der Waals surface area contributed by atoms with Crippen molar-refractivity contribution in [1.82, 2.24) is 9.78 Å². The molecule has 2 aromatic heterocycles. The number of hydrogen-bond acceptors (Lipinski definition) is 2. The molecule has 2 aromatic rings. The lowest BCUT2D eigenvalue weighted by atomic mass is 10.4. The summed E-state index contributed by atoms with van der Waals surface area (Å²) in [4.78, 5) is 12.0. The van der Waals surface area contributed by atoms with Crippen LogP contribution in [0.25, 0.3) is 10.2 Å². The van der Waals surface area contributed by atoms with Gasteiger partial charge in [-0.15, -0.1) is 11.3 Å². The van der Waals surface area contributed by atoms with Crippen molar-refractivity contribution in [2.24, 2.45) is 7.05 Å². The molecular weight excluding hydrogens is 148 g/mol. The van der Waals surface area contributed by atoms with Gasteiger partial charge in [-0.3, -0.25) is 14.6 Å². The Morgan fingerprint density at radius 3 is 3.20 bits per heavy atom. The zero-order valence-electron chi connectivity index (χ0n) is 5.42. The molecular formula is C6H6N2OS. The minimum atomic E-state index is -0.00116. The first-order valence-corrected chi connectivity index (χ1v) is 3.79. The fourth-order valence-electron chi connectivity index (χ4n) is 0.997. The zero-order chi connectivity index (χ0) is 7.14. The van der Waals surface area contributed by atoms with E-state index in [1.54, 1.807) is 16.0 Å². The third kappa shape index (κ3) is 0.565. The van der Waals surface area contributed by atoms with Gasteiger partial charge in [-0.1, -0.05) is 0 Å². The van der Waals surface area contributed by atoms with E-state index in [2.05, 4.69) is 5.10 Å². The monoisotopic (exact) mass is 154 g/mol. The number of aromatic nitrogens is 2. The third-order valence-corrected chi connectivity index (χ3v) is 2.45. The van der Waals surface area contributed by atoms with Crippen molar-refractivity contribution in [3.05, 3.63) is 21.8 Å². The Balaban J connectivity index is 3.12. The van der Waals surface area contributed by atoms with Gasteiger partial charge in [0, 0.05) is 7.05 Å². The van der Waals surface area contributed by atoms with Gasteiger partial charge in [0.2, 0.25) is 0 Å². The highest BCUT2D eigenvalue weighted by molar-refractivity contribution is 7.16. The van der Waals surface area contributed by atoms with Gasteiger partial charge in [0.1, 0.15) is 4.83 Å². The molecule has 0 unspecified atom stereocenters. The molecule has 0 atom stereocenters. The topological polar surface area (TPSA) is 37.8 Å². The van der Waals surface area contributed by atoms with E-state index in [1.165, 1.54) is 0 Å². The quantitative estimate of drug-likeness (QED) is 0.602. The number of thiophene rings is 1. The minimum absolute atomic E-state index is 0.00116. The highest BCUT2D eigenvalue weighted by Crippen LogP contribution is 2.14. The van der Waals surface area contributed by atoms with E-state index in [0.717, 1.165) is 10.2 Å².